The summed E-state index contributed by atoms with van der Waals surface area (Å²) in [4.78, 5) is 0. The highest BCUT2D eigenvalue weighted by Gasteiger charge is 2.08. The van der Waals surface area contributed by atoms with Gasteiger partial charge in [-0.2, -0.15) is 5.10 Å². The number of aryl methyl sites for hydroxylation is 1. The number of nitrogens with zero attached hydrogens (tertiary/aromatic N) is 2. The van der Waals surface area contributed by atoms with Crippen molar-refractivity contribution >= 4 is 0 Å². The third-order valence-electron chi connectivity index (χ3n) is 2.94. The van der Waals surface area contributed by atoms with E-state index in [1.54, 1.807) is 7.11 Å². The summed E-state index contributed by atoms with van der Waals surface area (Å²) in [6.45, 7) is 4.65. The van der Waals surface area contributed by atoms with E-state index in [0.717, 1.165) is 22.6 Å². The van der Waals surface area contributed by atoms with Crippen molar-refractivity contribution in [2.75, 3.05) is 7.11 Å². The van der Waals surface area contributed by atoms with Gasteiger partial charge in [0.25, 0.3) is 0 Å². The molecule has 4 nitrogen and oxygen atoms in total. The Kier molecular flexibility index (Phi) is 3.67. The summed E-state index contributed by atoms with van der Waals surface area (Å²) in [6.07, 6.45) is 1.97. The molecule has 0 fully saturated rings. The molecule has 1 aromatic carbocycles. The number of benzene rings is 1. The van der Waals surface area contributed by atoms with Crippen LogP contribution < -0.4 is 10.5 Å². The highest BCUT2D eigenvalue weighted by atomic mass is 16.5. The maximum atomic E-state index is 5.91. The van der Waals surface area contributed by atoms with Crippen LogP contribution in [0.1, 0.15) is 29.8 Å². The van der Waals surface area contributed by atoms with Gasteiger partial charge in [-0.3, -0.25) is 4.68 Å². The van der Waals surface area contributed by atoms with Gasteiger partial charge in [0.2, 0.25) is 0 Å². The molecule has 18 heavy (non-hydrogen) atoms. The van der Waals surface area contributed by atoms with Gasteiger partial charge >= 0.3 is 0 Å². The van der Waals surface area contributed by atoms with Crippen LogP contribution in [0.2, 0.25) is 0 Å². The fourth-order valence-corrected chi connectivity index (χ4v) is 1.93. The average Bonchev–Trinajstić information content (AvgIpc) is 2.74. The largest absolute Gasteiger partial charge is 0.496 e. The van der Waals surface area contributed by atoms with E-state index in [0.29, 0.717) is 6.54 Å². The first-order chi connectivity index (χ1) is 8.60. The summed E-state index contributed by atoms with van der Waals surface area (Å²) in [7, 11) is 1.68. The summed E-state index contributed by atoms with van der Waals surface area (Å²) < 4.78 is 7.28. The summed E-state index contributed by atoms with van der Waals surface area (Å²) in [5, 5.41) is 4.39. The van der Waals surface area contributed by atoms with Gasteiger partial charge in [0.05, 0.1) is 19.3 Å². The monoisotopic (exact) mass is 245 g/mol. The lowest BCUT2D eigenvalue weighted by Crippen LogP contribution is -2.08. The van der Waals surface area contributed by atoms with Crippen molar-refractivity contribution in [3.05, 3.63) is 47.3 Å². The third-order valence-corrected chi connectivity index (χ3v) is 2.94. The number of methoxy groups -OCH3 is 1. The van der Waals surface area contributed by atoms with Crippen molar-refractivity contribution in [3.63, 3.8) is 0 Å². The van der Waals surface area contributed by atoms with Crippen molar-refractivity contribution in [2.45, 2.75) is 26.4 Å². The van der Waals surface area contributed by atoms with Gasteiger partial charge < -0.3 is 10.5 Å². The lowest BCUT2D eigenvalue weighted by atomic mass is 10.0. The lowest BCUT2D eigenvalue weighted by Gasteiger charge is -2.13. The zero-order valence-electron chi connectivity index (χ0n) is 11.1. The Balaban J connectivity index is 2.32. The molecule has 0 amide bonds. The van der Waals surface area contributed by atoms with Crippen LogP contribution in [0.3, 0.4) is 0 Å². The van der Waals surface area contributed by atoms with Crippen LogP contribution in [0.25, 0.3) is 0 Å². The van der Waals surface area contributed by atoms with E-state index in [1.165, 1.54) is 0 Å². The molecule has 2 rings (SSSR count). The summed E-state index contributed by atoms with van der Waals surface area (Å²) in [5.74, 6) is 0.868. The zero-order valence-corrected chi connectivity index (χ0v) is 11.1. The second-order valence-electron chi connectivity index (χ2n) is 4.51. The predicted octanol–water partition coefficient (Wildman–Crippen LogP) is 2.27. The van der Waals surface area contributed by atoms with Crippen molar-refractivity contribution in [3.8, 4) is 5.75 Å². The Morgan fingerprint density at radius 1 is 1.39 bits per heavy atom. The molecule has 0 radical (unpaired) electrons. The molecule has 1 heterocycles. The number of rotatable bonds is 4. The molecule has 0 aliphatic carbocycles. The number of hydrogen-bond acceptors (Lipinski definition) is 3. The Labute approximate surface area is 107 Å². The van der Waals surface area contributed by atoms with E-state index in [-0.39, 0.29) is 6.04 Å². The molecule has 0 saturated heterocycles. The van der Waals surface area contributed by atoms with Crippen molar-refractivity contribution in [2.24, 2.45) is 5.73 Å². The van der Waals surface area contributed by atoms with E-state index in [9.17, 15) is 0 Å². The smallest absolute Gasteiger partial charge is 0.123 e. The Bertz CT molecular complexity index is 532. The predicted molar refractivity (Wildman–Crippen MR) is 71.7 cm³/mol. The lowest BCUT2D eigenvalue weighted by molar-refractivity contribution is 0.407. The summed E-state index contributed by atoms with van der Waals surface area (Å²) >= 11 is 0. The Morgan fingerprint density at radius 2 is 2.17 bits per heavy atom. The van der Waals surface area contributed by atoms with Crippen molar-refractivity contribution in [1.29, 1.82) is 0 Å². The van der Waals surface area contributed by atoms with Gasteiger partial charge in [0.15, 0.2) is 0 Å². The first kappa shape index (κ1) is 12.6. The number of nitrogens with two attached hydrogens (primary N) is 1. The van der Waals surface area contributed by atoms with Crippen LogP contribution in [-0.4, -0.2) is 16.9 Å². The van der Waals surface area contributed by atoms with E-state index in [1.807, 2.05) is 42.9 Å². The normalized spacial score (nSPS) is 12.4. The molecule has 0 saturated carbocycles. The molecule has 4 heteroatoms. The summed E-state index contributed by atoms with van der Waals surface area (Å²) in [5.41, 5.74) is 9.12. The quantitative estimate of drug-likeness (QED) is 0.899. The number of hydrogen-bond donors (Lipinski definition) is 1. The minimum absolute atomic E-state index is 0.0222. The fourth-order valence-electron chi connectivity index (χ4n) is 1.93. The molecular weight excluding hydrogens is 226 g/mol. The standard InChI is InChI=1S/C14H19N3O/c1-10-6-7-17(16-10)9-13-8-12(11(2)15)4-5-14(13)18-3/h4-8,11H,9,15H2,1-3H3. The zero-order chi connectivity index (χ0) is 13.1. The molecule has 0 bridgehead atoms. The molecule has 0 spiro atoms. The van der Waals surface area contributed by atoms with Gasteiger partial charge in [-0.15, -0.1) is 0 Å². The molecule has 2 N–H and O–H groups in total. The van der Waals surface area contributed by atoms with Gasteiger partial charge in [0, 0.05) is 17.8 Å². The molecule has 0 aliphatic heterocycles. The second-order valence-corrected chi connectivity index (χ2v) is 4.51. The van der Waals surface area contributed by atoms with Crippen LogP contribution in [0.15, 0.2) is 30.5 Å². The minimum Gasteiger partial charge on any atom is -0.496 e. The third kappa shape index (κ3) is 2.71. The Hall–Kier alpha value is -1.81. The topological polar surface area (TPSA) is 53.1 Å². The number of aromatic nitrogens is 2. The molecule has 1 atom stereocenters. The van der Waals surface area contributed by atoms with Gasteiger partial charge in [-0.25, -0.2) is 0 Å². The van der Waals surface area contributed by atoms with Crippen LogP contribution in [-0.2, 0) is 6.54 Å². The fraction of sp³-hybridized carbons (Fsp3) is 0.357. The molecule has 96 valence electrons. The van der Waals surface area contributed by atoms with Crippen LogP contribution in [0.4, 0.5) is 0 Å². The highest BCUT2D eigenvalue weighted by molar-refractivity contribution is 5.38. The van der Waals surface area contributed by atoms with E-state index in [4.69, 9.17) is 10.5 Å². The van der Waals surface area contributed by atoms with Gasteiger partial charge in [-0.1, -0.05) is 6.07 Å². The maximum Gasteiger partial charge on any atom is 0.123 e. The SMILES string of the molecule is COc1ccc(C(C)N)cc1Cn1ccc(C)n1. The summed E-state index contributed by atoms with van der Waals surface area (Å²) in [6, 6.07) is 8.06. The Morgan fingerprint density at radius 3 is 2.72 bits per heavy atom. The van der Waals surface area contributed by atoms with Crippen LogP contribution in [0, 0.1) is 6.92 Å². The minimum atomic E-state index is 0.0222. The molecule has 1 aromatic heterocycles. The van der Waals surface area contributed by atoms with Gasteiger partial charge in [0.1, 0.15) is 5.75 Å². The number of ether oxygens (including phenoxy) is 1. The van der Waals surface area contributed by atoms with Gasteiger partial charge in [-0.05, 0) is 37.6 Å². The molecule has 0 aliphatic rings. The molecule has 1 unspecified atom stereocenters. The molecule has 2 aromatic rings. The second kappa shape index (κ2) is 5.23. The first-order valence-corrected chi connectivity index (χ1v) is 6.02. The van der Waals surface area contributed by atoms with E-state index in [2.05, 4.69) is 11.2 Å². The average molecular weight is 245 g/mol. The maximum absolute atomic E-state index is 5.91. The first-order valence-electron chi connectivity index (χ1n) is 6.02. The van der Waals surface area contributed by atoms with Crippen molar-refractivity contribution in [1.82, 2.24) is 9.78 Å². The van der Waals surface area contributed by atoms with E-state index < -0.39 is 0 Å². The van der Waals surface area contributed by atoms with Crippen LogP contribution in [0.5, 0.6) is 5.75 Å². The van der Waals surface area contributed by atoms with E-state index >= 15 is 0 Å². The van der Waals surface area contributed by atoms with Crippen LogP contribution >= 0.6 is 0 Å². The highest BCUT2D eigenvalue weighted by Crippen LogP contribution is 2.23. The van der Waals surface area contributed by atoms with Crippen molar-refractivity contribution < 1.29 is 4.74 Å². The molecular formula is C14H19N3O.